The first-order valence-corrected chi connectivity index (χ1v) is 16.1. The van der Waals surface area contributed by atoms with Gasteiger partial charge in [-0.2, -0.15) is 17.0 Å². The zero-order valence-electron chi connectivity index (χ0n) is 23.3. The van der Waals surface area contributed by atoms with Crippen LogP contribution in [0.4, 0.5) is 4.79 Å². The van der Waals surface area contributed by atoms with E-state index in [0.29, 0.717) is 29.1 Å². The van der Waals surface area contributed by atoms with Gasteiger partial charge in [0.15, 0.2) is 5.78 Å². The Morgan fingerprint density at radius 1 is 1.00 bits per heavy atom. The molecular formula is C31H31N5O4S2. The number of carbonyl (C=O) groups excluding carboxylic acids is 2. The first-order valence-electron chi connectivity index (χ1n) is 13.2. The number of rotatable bonds is 12. The van der Waals surface area contributed by atoms with Crippen molar-refractivity contribution in [1.29, 1.82) is 5.26 Å². The van der Waals surface area contributed by atoms with Crippen molar-refractivity contribution in [3.8, 4) is 17.2 Å². The highest BCUT2D eigenvalue weighted by Gasteiger charge is 2.24. The number of aromatic nitrogens is 2. The number of nitrogens with zero attached hydrogens (tertiary/aromatic N) is 3. The van der Waals surface area contributed by atoms with Crippen LogP contribution in [0.1, 0.15) is 46.6 Å². The molecule has 0 radical (unpaired) electrons. The SMILES string of the molecule is CSCC(C)c1ncn(Cc2ccc(-c3ccccc3S(=O)(=O)NC(=O)NCc3ccccc3)cc2)c1C(=O)CC#N. The Bertz CT molecular complexity index is 1700. The van der Waals surface area contributed by atoms with E-state index in [0.717, 1.165) is 16.9 Å². The number of imidazole rings is 1. The van der Waals surface area contributed by atoms with Gasteiger partial charge in [0.05, 0.1) is 23.0 Å². The molecule has 0 aliphatic heterocycles. The lowest BCUT2D eigenvalue weighted by molar-refractivity contribution is 0.0988. The second kappa shape index (κ2) is 14.0. The highest BCUT2D eigenvalue weighted by molar-refractivity contribution is 7.98. The molecule has 0 bridgehead atoms. The molecule has 0 fully saturated rings. The monoisotopic (exact) mass is 601 g/mol. The Labute approximate surface area is 250 Å². The minimum atomic E-state index is -4.17. The first kappa shape index (κ1) is 30.6. The van der Waals surface area contributed by atoms with Crippen molar-refractivity contribution in [2.75, 3.05) is 12.0 Å². The van der Waals surface area contributed by atoms with E-state index in [4.69, 9.17) is 5.26 Å². The zero-order valence-corrected chi connectivity index (χ0v) is 24.9. The Morgan fingerprint density at radius 3 is 2.38 bits per heavy atom. The van der Waals surface area contributed by atoms with Crippen LogP contribution in [-0.4, -0.2) is 41.8 Å². The summed E-state index contributed by atoms with van der Waals surface area (Å²) in [5, 5.41) is 11.7. The number of hydrogen-bond donors (Lipinski definition) is 2. The summed E-state index contributed by atoms with van der Waals surface area (Å²) < 4.78 is 30.2. The number of ketones is 1. The number of nitriles is 1. The molecule has 0 saturated heterocycles. The molecule has 2 amide bonds. The molecule has 42 heavy (non-hydrogen) atoms. The summed E-state index contributed by atoms with van der Waals surface area (Å²) in [7, 11) is -4.17. The average molecular weight is 602 g/mol. The molecule has 0 spiro atoms. The molecule has 1 heterocycles. The summed E-state index contributed by atoms with van der Waals surface area (Å²) in [4.78, 5) is 29.7. The molecule has 1 atom stereocenters. The molecule has 3 aromatic carbocycles. The molecule has 1 aromatic heterocycles. The summed E-state index contributed by atoms with van der Waals surface area (Å²) in [5.41, 5.74) is 3.91. The van der Waals surface area contributed by atoms with E-state index in [9.17, 15) is 18.0 Å². The maximum atomic E-state index is 13.2. The van der Waals surface area contributed by atoms with Gasteiger partial charge in [0, 0.05) is 30.3 Å². The van der Waals surface area contributed by atoms with Gasteiger partial charge in [-0.25, -0.2) is 22.9 Å². The van der Waals surface area contributed by atoms with Crippen LogP contribution in [-0.2, 0) is 23.1 Å². The fraction of sp³-hybridized carbons (Fsp3) is 0.226. The standard InChI is InChI=1S/C31H31N5O4S2/c1-22(20-41-2)29-30(27(37)16-17-32)36(21-34-29)19-24-12-14-25(15-13-24)26-10-6-7-11-28(26)42(39,40)35-31(38)33-18-23-8-4-3-5-9-23/h3-15,21-22H,16,18-20H2,1-2H3,(H2,33,35,38). The fourth-order valence-electron chi connectivity index (χ4n) is 4.58. The minimum Gasteiger partial charge on any atom is -0.333 e. The van der Waals surface area contributed by atoms with E-state index in [-0.39, 0.29) is 29.6 Å². The van der Waals surface area contributed by atoms with Gasteiger partial charge in [0.2, 0.25) is 0 Å². The normalized spacial score (nSPS) is 11.8. The van der Waals surface area contributed by atoms with Crippen LogP contribution in [0, 0.1) is 11.3 Å². The maximum absolute atomic E-state index is 13.2. The van der Waals surface area contributed by atoms with Crippen molar-refractivity contribution >= 4 is 33.6 Å². The lowest BCUT2D eigenvalue weighted by Crippen LogP contribution is -2.39. The number of nitrogens with one attached hydrogen (secondary N) is 2. The van der Waals surface area contributed by atoms with E-state index in [1.54, 1.807) is 53.0 Å². The smallest absolute Gasteiger partial charge is 0.328 e. The van der Waals surface area contributed by atoms with E-state index in [1.807, 2.05) is 61.7 Å². The zero-order chi connectivity index (χ0) is 30.1. The van der Waals surface area contributed by atoms with Gasteiger partial charge in [-0.3, -0.25) is 4.79 Å². The van der Waals surface area contributed by atoms with Crippen molar-refractivity contribution in [3.05, 3.63) is 108 Å². The molecule has 1 unspecified atom stereocenters. The third-order valence-corrected chi connectivity index (χ3v) is 8.79. The third-order valence-electron chi connectivity index (χ3n) is 6.57. The number of benzene rings is 3. The quantitative estimate of drug-likeness (QED) is 0.209. The van der Waals surface area contributed by atoms with Crippen molar-refractivity contribution < 1.29 is 18.0 Å². The lowest BCUT2D eigenvalue weighted by atomic mass is 10.0. The van der Waals surface area contributed by atoms with E-state index in [2.05, 4.69) is 15.0 Å². The van der Waals surface area contributed by atoms with Crippen LogP contribution in [0.25, 0.3) is 11.1 Å². The van der Waals surface area contributed by atoms with Crippen LogP contribution in [0.5, 0.6) is 0 Å². The molecule has 0 aliphatic rings. The van der Waals surface area contributed by atoms with Crippen molar-refractivity contribution in [2.45, 2.75) is 37.2 Å². The van der Waals surface area contributed by atoms with Gasteiger partial charge in [0.1, 0.15) is 12.1 Å². The van der Waals surface area contributed by atoms with Crippen LogP contribution in [0.15, 0.2) is 90.1 Å². The van der Waals surface area contributed by atoms with Gasteiger partial charge >= 0.3 is 6.03 Å². The van der Waals surface area contributed by atoms with Gasteiger partial charge < -0.3 is 9.88 Å². The highest BCUT2D eigenvalue weighted by Crippen LogP contribution is 2.28. The first-order chi connectivity index (χ1) is 20.2. The number of thioether (sulfide) groups is 1. The molecule has 9 nitrogen and oxygen atoms in total. The molecule has 11 heteroatoms. The van der Waals surface area contributed by atoms with Gasteiger partial charge in [-0.1, -0.05) is 79.7 Å². The number of amides is 2. The average Bonchev–Trinajstić information content (AvgIpc) is 3.41. The molecule has 216 valence electrons. The van der Waals surface area contributed by atoms with Crippen molar-refractivity contribution in [1.82, 2.24) is 19.6 Å². The van der Waals surface area contributed by atoms with E-state index in [1.165, 1.54) is 6.07 Å². The summed E-state index contributed by atoms with van der Waals surface area (Å²) in [5.74, 6) is 0.576. The Hall–Kier alpha value is -4.40. The van der Waals surface area contributed by atoms with Crippen LogP contribution in [0.2, 0.25) is 0 Å². The predicted octanol–water partition coefficient (Wildman–Crippen LogP) is 5.35. The number of hydrogen-bond acceptors (Lipinski definition) is 7. The number of urea groups is 1. The van der Waals surface area contributed by atoms with Crippen LogP contribution in [0.3, 0.4) is 0 Å². The van der Waals surface area contributed by atoms with Crippen LogP contribution < -0.4 is 10.0 Å². The summed E-state index contributed by atoms with van der Waals surface area (Å²) >= 11 is 1.66. The molecule has 2 N–H and O–H groups in total. The Balaban J connectivity index is 1.53. The minimum absolute atomic E-state index is 0.0287. The topological polar surface area (TPSA) is 134 Å². The fourth-order valence-corrected chi connectivity index (χ4v) is 6.40. The number of sulfonamides is 1. The highest BCUT2D eigenvalue weighted by atomic mass is 32.2. The van der Waals surface area contributed by atoms with Gasteiger partial charge in [-0.15, -0.1) is 0 Å². The molecule has 0 aliphatic carbocycles. The Kier molecular flexibility index (Phi) is 10.2. The summed E-state index contributed by atoms with van der Waals surface area (Å²) in [6.07, 6.45) is 3.39. The molecule has 0 saturated carbocycles. The predicted molar refractivity (Wildman–Crippen MR) is 164 cm³/mol. The summed E-state index contributed by atoms with van der Waals surface area (Å²) in [6.45, 7) is 2.55. The molecule has 4 aromatic rings. The van der Waals surface area contributed by atoms with Crippen LogP contribution >= 0.6 is 11.8 Å². The molecular weight excluding hydrogens is 571 g/mol. The van der Waals surface area contributed by atoms with E-state index >= 15 is 0 Å². The maximum Gasteiger partial charge on any atom is 0.328 e. The lowest BCUT2D eigenvalue weighted by Gasteiger charge is -2.14. The number of Topliss-reactive ketones (excluding diaryl/α,β-unsaturated/α-hetero) is 1. The third kappa shape index (κ3) is 7.46. The largest absolute Gasteiger partial charge is 0.333 e. The molecule has 4 rings (SSSR count). The summed E-state index contributed by atoms with van der Waals surface area (Å²) in [6, 6.07) is 24.1. The second-order valence-corrected chi connectivity index (χ2v) is 12.2. The van der Waals surface area contributed by atoms with Gasteiger partial charge in [-0.05, 0) is 29.0 Å². The van der Waals surface area contributed by atoms with E-state index < -0.39 is 16.1 Å². The second-order valence-electron chi connectivity index (χ2n) is 9.69. The van der Waals surface area contributed by atoms with Crippen molar-refractivity contribution in [3.63, 3.8) is 0 Å². The Morgan fingerprint density at radius 2 is 1.69 bits per heavy atom. The number of carbonyl (C=O) groups is 2. The van der Waals surface area contributed by atoms with Gasteiger partial charge in [0.25, 0.3) is 10.0 Å². The van der Waals surface area contributed by atoms with Crippen molar-refractivity contribution in [2.24, 2.45) is 0 Å².